The molecule has 5 nitrogen and oxygen atoms in total. The third kappa shape index (κ3) is 2.62. The van der Waals surface area contributed by atoms with Crippen molar-refractivity contribution in [1.29, 1.82) is 0 Å². The van der Waals surface area contributed by atoms with Crippen LogP contribution in [0, 0.1) is 0 Å². The number of primary amides is 1. The van der Waals surface area contributed by atoms with Gasteiger partial charge in [0.25, 0.3) is 0 Å². The first-order chi connectivity index (χ1) is 6.63. The third-order valence-electron chi connectivity index (χ3n) is 1.70. The summed E-state index contributed by atoms with van der Waals surface area (Å²) in [5.74, 6) is 1.52. The Hall–Kier alpha value is -1.78. The minimum Gasteiger partial charge on any atom is -0.460 e. The predicted octanol–water partition coefficient (Wildman–Crippen LogP) is 1.23. The van der Waals surface area contributed by atoms with Crippen molar-refractivity contribution in [3.05, 3.63) is 23.7 Å². The van der Waals surface area contributed by atoms with E-state index in [1.54, 1.807) is 13.0 Å². The molecule has 0 saturated heterocycles. The van der Waals surface area contributed by atoms with Crippen LogP contribution in [0.3, 0.4) is 0 Å². The molecular weight excluding hydrogens is 182 g/mol. The minimum absolute atomic E-state index is 0.587. The van der Waals surface area contributed by atoms with Crippen LogP contribution in [-0.4, -0.2) is 11.7 Å². The van der Waals surface area contributed by atoms with E-state index in [0.717, 1.165) is 12.2 Å². The number of urea groups is 1. The van der Waals surface area contributed by atoms with Crippen LogP contribution in [0.1, 0.15) is 25.4 Å². The van der Waals surface area contributed by atoms with Crippen LogP contribution >= 0.6 is 0 Å². The lowest BCUT2D eigenvalue weighted by atomic mass is 10.3. The smallest absolute Gasteiger partial charge is 0.332 e. The van der Waals surface area contributed by atoms with E-state index in [-0.39, 0.29) is 0 Å². The monoisotopic (exact) mass is 195 g/mol. The first-order valence-corrected chi connectivity index (χ1v) is 4.32. The maximum atomic E-state index is 10.4. The number of carbonyl (C=O) groups is 1. The van der Waals surface area contributed by atoms with Gasteiger partial charge in [-0.25, -0.2) is 10.2 Å². The summed E-state index contributed by atoms with van der Waals surface area (Å²) in [7, 11) is 0. The van der Waals surface area contributed by atoms with Crippen LogP contribution in [-0.2, 0) is 6.42 Å². The molecule has 1 rings (SSSR count). The van der Waals surface area contributed by atoms with E-state index in [0.29, 0.717) is 11.5 Å². The van der Waals surface area contributed by atoms with E-state index in [1.807, 2.05) is 13.0 Å². The highest BCUT2D eigenvalue weighted by Crippen LogP contribution is 2.08. The first-order valence-electron chi connectivity index (χ1n) is 4.32. The van der Waals surface area contributed by atoms with Crippen LogP contribution < -0.4 is 11.2 Å². The van der Waals surface area contributed by atoms with Gasteiger partial charge in [0.1, 0.15) is 17.2 Å². The molecule has 0 aromatic carbocycles. The highest BCUT2D eigenvalue weighted by atomic mass is 16.3. The van der Waals surface area contributed by atoms with Gasteiger partial charge in [0.2, 0.25) is 0 Å². The van der Waals surface area contributed by atoms with Gasteiger partial charge < -0.3 is 10.2 Å². The summed E-state index contributed by atoms with van der Waals surface area (Å²) in [6.45, 7) is 3.73. The number of furan rings is 1. The molecule has 2 amide bonds. The first kappa shape index (κ1) is 10.3. The Balaban J connectivity index is 2.73. The largest absolute Gasteiger partial charge is 0.460 e. The van der Waals surface area contributed by atoms with Gasteiger partial charge in [0.05, 0.1) is 0 Å². The van der Waals surface area contributed by atoms with Crippen molar-refractivity contribution in [3.8, 4) is 0 Å². The van der Waals surface area contributed by atoms with E-state index in [1.165, 1.54) is 0 Å². The summed E-state index contributed by atoms with van der Waals surface area (Å²) in [5.41, 5.74) is 7.59. The Morgan fingerprint density at radius 1 is 1.64 bits per heavy atom. The van der Waals surface area contributed by atoms with E-state index >= 15 is 0 Å². The second-order valence-corrected chi connectivity index (χ2v) is 2.79. The Bertz CT molecular complexity index is 355. The standard InChI is InChI=1S/C9H13N3O2/c1-3-7-4-5-8(14-7)6(2)11-12-9(10)13/h4-5H,3H2,1-2H3,(H3,10,12,13)/b11-6+. The number of nitrogens with two attached hydrogens (primary N) is 1. The number of amides is 2. The van der Waals surface area contributed by atoms with Crippen molar-refractivity contribution in [2.24, 2.45) is 10.8 Å². The predicted molar refractivity (Wildman–Crippen MR) is 53.0 cm³/mol. The molecule has 0 atom stereocenters. The van der Waals surface area contributed by atoms with Gasteiger partial charge in [-0.2, -0.15) is 5.10 Å². The highest BCUT2D eigenvalue weighted by Gasteiger charge is 2.03. The molecule has 76 valence electrons. The molecule has 1 aromatic heterocycles. The quantitative estimate of drug-likeness (QED) is 0.562. The van der Waals surface area contributed by atoms with E-state index < -0.39 is 6.03 Å². The molecule has 14 heavy (non-hydrogen) atoms. The molecular formula is C9H13N3O2. The number of hydrazone groups is 1. The number of hydrogen-bond donors (Lipinski definition) is 2. The number of rotatable bonds is 3. The van der Waals surface area contributed by atoms with Crippen molar-refractivity contribution < 1.29 is 9.21 Å². The fourth-order valence-corrected chi connectivity index (χ4v) is 0.956. The van der Waals surface area contributed by atoms with Crippen molar-refractivity contribution in [1.82, 2.24) is 5.43 Å². The lowest BCUT2D eigenvalue weighted by Crippen LogP contribution is -2.25. The van der Waals surface area contributed by atoms with Gasteiger partial charge in [-0.3, -0.25) is 0 Å². The molecule has 1 aromatic rings. The molecule has 0 spiro atoms. The molecule has 1 heterocycles. The molecule has 0 fully saturated rings. The molecule has 0 radical (unpaired) electrons. The number of carbonyl (C=O) groups excluding carboxylic acids is 1. The Morgan fingerprint density at radius 2 is 2.36 bits per heavy atom. The Labute approximate surface area is 82.0 Å². The van der Waals surface area contributed by atoms with Crippen molar-refractivity contribution in [3.63, 3.8) is 0 Å². The maximum absolute atomic E-state index is 10.4. The summed E-state index contributed by atoms with van der Waals surface area (Å²) in [6, 6.07) is 2.99. The summed E-state index contributed by atoms with van der Waals surface area (Å²) in [4.78, 5) is 10.4. The molecule has 0 aliphatic heterocycles. The fourth-order valence-electron chi connectivity index (χ4n) is 0.956. The molecule has 3 N–H and O–H groups in total. The Morgan fingerprint density at radius 3 is 2.86 bits per heavy atom. The highest BCUT2D eigenvalue weighted by molar-refractivity contribution is 5.96. The average molecular weight is 195 g/mol. The number of aryl methyl sites for hydroxylation is 1. The van der Waals surface area contributed by atoms with Crippen molar-refractivity contribution >= 4 is 11.7 Å². The second kappa shape index (κ2) is 4.45. The summed E-state index contributed by atoms with van der Waals surface area (Å²) < 4.78 is 5.40. The normalized spacial score (nSPS) is 11.4. The molecule has 0 aliphatic rings. The summed E-state index contributed by atoms with van der Waals surface area (Å²) in [6.07, 6.45) is 0.830. The van der Waals surface area contributed by atoms with Crippen LogP contribution in [0.25, 0.3) is 0 Å². The minimum atomic E-state index is -0.688. The lowest BCUT2D eigenvalue weighted by molar-refractivity contribution is 0.249. The third-order valence-corrected chi connectivity index (χ3v) is 1.70. The topological polar surface area (TPSA) is 80.6 Å². The van der Waals surface area contributed by atoms with E-state index in [2.05, 4.69) is 10.5 Å². The zero-order valence-corrected chi connectivity index (χ0v) is 8.20. The zero-order chi connectivity index (χ0) is 10.6. The number of nitrogens with zero attached hydrogens (tertiary/aromatic N) is 1. The lowest BCUT2D eigenvalue weighted by Gasteiger charge is -1.96. The number of nitrogens with one attached hydrogen (secondary N) is 1. The van der Waals surface area contributed by atoms with Crippen LogP contribution in [0.2, 0.25) is 0 Å². The molecule has 0 bridgehead atoms. The van der Waals surface area contributed by atoms with Gasteiger partial charge in [0, 0.05) is 6.42 Å². The van der Waals surface area contributed by atoms with E-state index in [4.69, 9.17) is 10.2 Å². The second-order valence-electron chi connectivity index (χ2n) is 2.79. The summed E-state index contributed by atoms with van der Waals surface area (Å²) >= 11 is 0. The van der Waals surface area contributed by atoms with Gasteiger partial charge in [-0.1, -0.05) is 6.92 Å². The molecule has 5 heteroatoms. The maximum Gasteiger partial charge on any atom is 0.332 e. The van der Waals surface area contributed by atoms with Crippen molar-refractivity contribution in [2.75, 3.05) is 0 Å². The van der Waals surface area contributed by atoms with E-state index in [9.17, 15) is 4.79 Å². The SMILES string of the molecule is CCc1ccc(/C(C)=N/NC(N)=O)o1. The molecule has 0 unspecified atom stereocenters. The molecule has 0 aliphatic carbocycles. The number of hydrogen-bond acceptors (Lipinski definition) is 3. The van der Waals surface area contributed by atoms with Crippen LogP contribution in [0.15, 0.2) is 21.7 Å². The summed E-state index contributed by atoms with van der Waals surface area (Å²) in [5, 5.41) is 3.74. The van der Waals surface area contributed by atoms with Gasteiger partial charge in [-0.05, 0) is 19.1 Å². The van der Waals surface area contributed by atoms with Crippen LogP contribution in [0.5, 0.6) is 0 Å². The van der Waals surface area contributed by atoms with Gasteiger partial charge in [0.15, 0.2) is 0 Å². The van der Waals surface area contributed by atoms with Crippen LogP contribution in [0.4, 0.5) is 4.79 Å². The Kier molecular flexibility index (Phi) is 3.28. The molecule has 0 saturated carbocycles. The van der Waals surface area contributed by atoms with Crippen molar-refractivity contribution in [2.45, 2.75) is 20.3 Å². The fraction of sp³-hybridized carbons (Fsp3) is 0.333. The van der Waals surface area contributed by atoms with Gasteiger partial charge in [-0.15, -0.1) is 0 Å². The van der Waals surface area contributed by atoms with Gasteiger partial charge >= 0.3 is 6.03 Å². The zero-order valence-electron chi connectivity index (χ0n) is 8.20. The average Bonchev–Trinajstić information content (AvgIpc) is 2.62.